The monoisotopic (exact) mass is 587 g/mol. The summed E-state index contributed by atoms with van der Waals surface area (Å²) in [5.74, 6) is 2.84. The number of nitrogens with zero attached hydrogens (tertiary/aromatic N) is 3. The smallest absolute Gasteiger partial charge is 0.140 e. The van der Waals surface area contributed by atoms with Gasteiger partial charge in [-0.15, -0.1) is 0 Å². The van der Waals surface area contributed by atoms with Crippen LogP contribution in [0.1, 0.15) is 56.0 Å². The molecule has 1 aromatic heterocycles. The Labute approximate surface area is 263 Å². The van der Waals surface area contributed by atoms with Gasteiger partial charge in [-0.05, 0) is 62.6 Å². The Morgan fingerprint density at radius 1 is 0.659 bits per heavy atom. The van der Waals surface area contributed by atoms with E-state index in [0.29, 0.717) is 13.2 Å². The number of aryl methyl sites for hydroxylation is 1. The van der Waals surface area contributed by atoms with Crippen LogP contribution >= 0.6 is 0 Å². The molecule has 0 atom stereocenters. The lowest BCUT2D eigenvalue weighted by Crippen LogP contribution is -2.24. The normalized spacial score (nSPS) is 11.2. The van der Waals surface area contributed by atoms with E-state index in [4.69, 9.17) is 14.5 Å². The Morgan fingerprint density at radius 3 is 1.84 bits per heavy atom. The maximum absolute atomic E-state index is 5.86. The summed E-state index contributed by atoms with van der Waals surface area (Å²) in [6.45, 7) is 12.9. The highest BCUT2D eigenvalue weighted by molar-refractivity contribution is 5.68. The predicted octanol–water partition coefficient (Wildman–Crippen LogP) is 9.33. The van der Waals surface area contributed by atoms with Crippen LogP contribution in [0.3, 0.4) is 0 Å². The minimum Gasteiger partial charge on any atom is -0.494 e. The van der Waals surface area contributed by atoms with Crippen LogP contribution in [0.2, 0.25) is 0 Å². The highest BCUT2D eigenvalue weighted by Gasteiger charge is 2.22. The average Bonchev–Trinajstić information content (AvgIpc) is 3.39. The molecule has 4 aromatic carbocycles. The molecule has 5 heteroatoms. The van der Waals surface area contributed by atoms with E-state index >= 15 is 0 Å². The van der Waals surface area contributed by atoms with E-state index in [1.165, 1.54) is 22.4 Å². The van der Waals surface area contributed by atoms with Gasteiger partial charge in [0.15, 0.2) is 0 Å². The van der Waals surface area contributed by atoms with Gasteiger partial charge in [-0.2, -0.15) is 0 Å². The third-order valence-corrected chi connectivity index (χ3v) is 7.77. The van der Waals surface area contributed by atoms with Gasteiger partial charge in [-0.3, -0.25) is 4.90 Å². The minimum atomic E-state index is 0.649. The van der Waals surface area contributed by atoms with Crippen LogP contribution in [0, 0.1) is 6.92 Å². The molecule has 0 N–H and O–H groups in total. The third-order valence-electron chi connectivity index (χ3n) is 7.77. The van der Waals surface area contributed by atoms with Gasteiger partial charge in [-0.1, -0.05) is 97.8 Å². The molecule has 5 rings (SSSR count). The standard InChI is InChI=1S/C39H45N3O2/c1-5-8-24-42-37(38(33-22-20-30(4)21-23-33)40-39(42)34-16-10-9-11-17-34)29-41(27-31-14-12-18-35(25-31)43-6-2)28-32-15-13-19-36(26-32)44-7-3/h9-23,25-26H,5-8,24,27-29H2,1-4H3. The second-order valence-electron chi connectivity index (χ2n) is 11.3. The summed E-state index contributed by atoms with van der Waals surface area (Å²) in [5, 5.41) is 0. The van der Waals surface area contributed by atoms with E-state index in [1.807, 2.05) is 26.0 Å². The lowest BCUT2D eigenvalue weighted by molar-refractivity contribution is 0.240. The van der Waals surface area contributed by atoms with Crippen molar-refractivity contribution in [3.8, 4) is 34.1 Å². The lowest BCUT2D eigenvalue weighted by atomic mass is 10.1. The van der Waals surface area contributed by atoms with Crippen LogP contribution in [0.5, 0.6) is 11.5 Å². The molecule has 0 fully saturated rings. The number of hydrogen-bond donors (Lipinski definition) is 0. The molecule has 0 aliphatic heterocycles. The van der Waals surface area contributed by atoms with E-state index in [0.717, 1.165) is 73.2 Å². The van der Waals surface area contributed by atoms with Crippen molar-refractivity contribution in [2.45, 2.75) is 66.7 Å². The Bertz CT molecular complexity index is 1560. The van der Waals surface area contributed by atoms with Gasteiger partial charge < -0.3 is 14.0 Å². The molecule has 0 radical (unpaired) electrons. The van der Waals surface area contributed by atoms with Crippen LogP contribution in [-0.4, -0.2) is 27.7 Å². The zero-order valence-corrected chi connectivity index (χ0v) is 26.6. The number of unbranched alkanes of at least 4 members (excludes halogenated alkanes) is 1. The van der Waals surface area contributed by atoms with Gasteiger partial charge in [0.05, 0.1) is 24.6 Å². The van der Waals surface area contributed by atoms with E-state index in [-0.39, 0.29) is 0 Å². The molecular weight excluding hydrogens is 542 g/mol. The van der Waals surface area contributed by atoms with Crippen molar-refractivity contribution in [2.24, 2.45) is 0 Å². The van der Waals surface area contributed by atoms with Crippen molar-refractivity contribution in [3.63, 3.8) is 0 Å². The molecule has 0 bridgehead atoms. The zero-order chi connectivity index (χ0) is 30.7. The van der Waals surface area contributed by atoms with Gasteiger partial charge >= 0.3 is 0 Å². The minimum absolute atomic E-state index is 0.649. The molecule has 0 unspecified atom stereocenters. The molecule has 228 valence electrons. The van der Waals surface area contributed by atoms with E-state index < -0.39 is 0 Å². The van der Waals surface area contributed by atoms with Gasteiger partial charge in [-0.25, -0.2) is 4.98 Å². The summed E-state index contributed by atoms with van der Waals surface area (Å²) in [6.07, 6.45) is 2.20. The van der Waals surface area contributed by atoms with Crippen LogP contribution < -0.4 is 9.47 Å². The molecule has 0 aliphatic rings. The molecule has 5 nitrogen and oxygen atoms in total. The van der Waals surface area contributed by atoms with Crippen molar-refractivity contribution in [3.05, 3.63) is 126 Å². The summed E-state index contributed by atoms with van der Waals surface area (Å²) in [7, 11) is 0. The molecule has 5 aromatic rings. The van der Waals surface area contributed by atoms with Crippen molar-refractivity contribution < 1.29 is 9.47 Å². The van der Waals surface area contributed by atoms with Crippen LogP contribution in [0.4, 0.5) is 0 Å². The lowest BCUT2D eigenvalue weighted by Gasteiger charge is -2.25. The number of ether oxygens (including phenoxy) is 2. The zero-order valence-electron chi connectivity index (χ0n) is 26.6. The maximum Gasteiger partial charge on any atom is 0.140 e. The van der Waals surface area contributed by atoms with Gasteiger partial charge in [0, 0.05) is 37.3 Å². The second kappa shape index (κ2) is 15.4. The maximum atomic E-state index is 5.86. The number of aromatic nitrogens is 2. The topological polar surface area (TPSA) is 39.5 Å². The molecule has 0 spiro atoms. The number of benzene rings is 4. The molecule has 0 amide bonds. The summed E-state index contributed by atoms with van der Waals surface area (Å²) in [4.78, 5) is 7.89. The highest BCUT2D eigenvalue weighted by atomic mass is 16.5. The van der Waals surface area contributed by atoms with E-state index in [1.54, 1.807) is 0 Å². The first-order chi connectivity index (χ1) is 21.6. The Hall–Kier alpha value is -4.35. The van der Waals surface area contributed by atoms with Gasteiger partial charge in [0.25, 0.3) is 0 Å². The second-order valence-corrected chi connectivity index (χ2v) is 11.3. The number of hydrogen-bond acceptors (Lipinski definition) is 4. The first-order valence-corrected chi connectivity index (χ1v) is 16.0. The Kier molecular flexibility index (Phi) is 10.9. The fourth-order valence-electron chi connectivity index (χ4n) is 5.65. The molecule has 0 saturated heterocycles. The van der Waals surface area contributed by atoms with Crippen LogP contribution in [0.15, 0.2) is 103 Å². The van der Waals surface area contributed by atoms with Crippen LogP contribution in [-0.2, 0) is 26.2 Å². The first-order valence-electron chi connectivity index (χ1n) is 16.0. The van der Waals surface area contributed by atoms with E-state index in [9.17, 15) is 0 Å². The summed E-state index contributed by atoms with van der Waals surface area (Å²) >= 11 is 0. The predicted molar refractivity (Wildman–Crippen MR) is 181 cm³/mol. The molecule has 0 saturated carbocycles. The summed E-state index contributed by atoms with van der Waals surface area (Å²) in [6, 6.07) is 36.3. The third kappa shape index (κ3) is 7.97. The fraction of sp³-hybridized carbons (Fsp3) is 0.308. The largest absolute Gasteiger partial charge is 0.494 e. The van der Waals surface area contributed by atoms with Crippen molar-refractivity contribution in [2.75, 3.05) is 13.2 Å². The Balaban J connectivity index is 1.61. The van der Waals surface area contributed by atoms with Crippen molar-refractivity contribution in [1.82, 2.24) is 14.5 Å². The quantitative estimate of drug-likeness (QED) is 0.122. The number of imidazole rings is 1. The SMILES string of the molecule is CCCCn1c(-c2ccccc2)nc(-c2ccc(C)cc2)c1CN(Cc1cccc(OCC)c1)Cc1cccc(OCC)c1. The van der Waals surface area contributed by atoms with Crippen molar-refractivity contribution >= 4 is 0 Å². The molecular formula is C39H45N3O2. The Morgan fingerprint density at radius 2 is 1.27 bits per heavy atom. The molecule has 44 heavy (non-hydrogen) atoms. The van der Waals surface area contributed by atoms with Crippen LogP contribution in [0.25, 0.3) is 22.6 Å². The summed E-state index contributed by atoms with van der Waals surface area (Å²) < 4.78 is 14.2. The average molecular weight is 588 g/mol. The van der Waals surface area contributed by atoms with Gasteiger partial charge in [0.2, 0.25) is 0 Å². The molecule has 0 aliphatic carbocycles. The molecule has 1 heterocycles. The number of rotatable bonds is 15. The van der Waals surface area contributed by atoms with Gasteiger partial charge in [0.1, 0.15) is 17.3 Å². The van der Waals surface area contributed by atoms with Crippen molar-refractivity contribution in [1.29, 1.82) is 0 Å². The van der Waals surface area contributed by atoms with E-state index in [2.05, 4.69) is 114 Å². The highest BCUT2D eigenvalue weighted by Crippen LogP contribution is 2.32. The fourth-order valence-corrected chi connectivity index (χ4v) is 5.65. The first kappa shape index (κ1) is 31.1. The summed E-state index contributed by atoms with van der Waals surface area (Å²) in [5.41, 5.74) is 8.26.